The minimum Gasteiger partial charge on any atom is -0.392 e. The smallest absolute Gasteiger partial charge is 0.241 e. The topological polar surface area (TPSA) is 66.4 Å². The second kappa shape index (κ2) is 5.79. The number of aliphatic hydroxyl groups is 1. The van der Waals surface area contributed by atoms with Crippen LogP contribution in [0.1, 0.15) is 38.2 Å². The second-order valence-corrected chi connectivity index (χ2v) is 7.18. The van der Waals surface area contributed by atoms with Crippen molar-refractivity contribution in [3.8, 4) is 0 Å². The average molecular weight is 301 g/mol. The van der Waals surface area contributed by atoms with Crippen molar-refractivity contribution in [2.45, 2.75) is 44.1 Å². The van der Waals surface area contributed by atoms with Crippen molar-refractivity contribution >= 4 is 10.0 Å². The van der Waals surface area contributed by atoms with E-state index in [2.05, 4.69) is 11.6 Å². The number of benzene rings is 1. The molecule has 1 aromatic carbocycles. The Bertz CT molecular complexity index is 577. The number of aliphatic hydroxyl groups excluding tert-OH is 1. The highest BCUT2D eigenvalue weighted by Gasteiger charge is 2.36. The number of sulfonamides is 1. The summed E-state index contributed by atoms with van der Waals surface area (Å²) in [6, 6.07) is 3.39. The van der Waals surface area contributed by atoms with Gasteiger partial charge < -0.3 is 5.11 Å². The van der Waals surface area contributed by atoms with Gasteiger partial charge in [0.2, 0.25) is 10.0 Å². The van der Waals surface area contributed by atoms with Crippen molar-refractivity contribution in [2.24, 2.45) is 5.41 Å². The van der Waals surface area contributed by atoms with Gasteiger partial charge in [0, 0.05) is 6.54 Å². The van der Waals surface area contributed by atoms with Crippen LogP contribution in [0, 0.1) is 11.2 Å². The molecule has 20 heavy (non-hydrogen) atoms. The molecule has 1 aliphatic rings. The molecule has 1 aliphatic carbocycles. The molecule has 0 spiro atoms. The molecule has 112 valence electrons. The Morgan fingerprint density at radius 3 is 2.60 bits per heavy atom. The Morgan fingerprint density at radius 1 is 1.40 bits per heavy atom. The van der Waals surface area contributed by atoms with Crippen LogP contribution in [0.15, 0.2) is 23.1 Å². The SMILES string of the molecule is CCC1(CNS(=O)(=O)c2cc(F)ccc2CO)CCC1. The highest BCUT2D eigenvalue weighted by molar-refractivity contribution is 7.89. The van der Waals surface area contributed by atoms with E-state index in [1.54, 1.807) is 0 Å². The van der Waals surface area contributed by atoms with Gasteiger partial charge in [0.1, 0.15) is 5.82 Å². The van der Waals surface area contributed by atoms with Crippen molar-refractivity contribution in [1.29, 1.82) is 0 Å². The van der Waals surface area contributed by atoms with Crippen LogP contribution in [0.5, 0.6) is 0 Å². The maximum absolute atomic E-state index is 13.3. The number of halogens is 1. The Kier molecular flexibility index (Phi) is 4.46. The quantitative estimate of drug-likeness (QED) is 0.846. The Balaban J connectivity index is 2.20. The molecule has 0 aliphatic heterocycles. The van der Waals surface area contributed by atoms with Gasteiger partial charge in [-0.1, -0.05) is 19.4 Å². The minimum absolute atomic E-state index is 0.0414. The van der Waals surface area contributed by atoms with E-state index in [4.69, 9.17) is 0 Å². The molecule has 0 saturated heterocycles. The van der Waals surface area contributed by atoms with Crippen LogP contribution in [0.25, 0.3) is 0 Å². The number of rotatable bonds is 6. The second-order valence-electron chi connectivity index (χ2n) is 5.44. The molecule has 0 atom stereocenters. The fourth-order valence-corrected chi connectivity index (χ4v) is 3.96. The average Bonchev–Trinajstić information content (AvgIpc) is 2.38. The van der Waals surface area contributed by atoms with E-state index in [0.29, 0.717) is 6.54 Å². The van der Waals surface area contributed by atoms with Gasteiger partial charge in [0.25, 0.3) is 0 Å². The predicted molar refractivity (Wildman–Crippen MR) is 74.1 cm³/mol. The van der Waals surface area contributed by atoms with Crippen molar-refractivity contribution < 1.29 is 17.9 Å². The molecule has 0 bridgehead atoms. The maximum atomic E-state index is 13.3. The summed E-state index contributed by atoms with van der Waals surface area (Å²) in [7, 11) is -3.80. The zero-order valence-electron chi connectivity index (χ0n) is 11.5. The summed E-state index contributed by atoms with van der Waals surface area (Å²) in [6.07, 6.45) is 4.08. The summed E-state index contributed by atoms with van der Waals surface area (Å²) in [4.78, 5) is -0.175. The van der Waals surface area contributed by atoms with Crippen molar-refractivity contribution in [2.75, 3.05) is 6.54 Å². The third-order valence-corrected chi connectivity index (χ3v) is 5.77. The molecule has 0 aromatic heterocycles. The van der Waals surface area contributed by atoms with Crippen molar-refractivity contribution in [3.63, 3.8) is 0 Å². The molecule has 1 saturated carbocycles. The lowest BCUT2D eigenvalue weighted by atomic mass is 9.67. The van der Waals surface area contributed by atoms with Crippen LogP contribution in [0.2, 0.25) is 0 Å². The van der Waals surface area contributed by atoms with Crippen LogP contribution < -0.4 is 4.72 Å². The van der Waals surface area contributed by atoms with E-state index >= 15 is 0 Å². The zero-order chi connectivity index (χ0) is 14.8. The van der Waals surface area contributed by atoms with Gasteiger partial charge >= 0.3 is 0 Å². The van der Waals surface area contributed by atoms with E-state index in [1.165, 1.54) is 6.07 Å². The molecular weight excluding hydrogens is 281 g/mol. The Labute approximate surface area is 119 Å². The predicted octanol–water partition coefficient (Wildman–Crippen LogP) is 2.18. The van der Waals surface area contributed by atoms with Crippen LogP contribution >= 0.6 is 0 Å². The maximum Gasteiger partial charge on any atom is 0.241 e. The largest absolute Gasteiger partial charge is 0.392 e. The summed E-state index contributed by atoms with van der Waals surface area (Å²) in [5.74, 6) is -0.628. The molecule has 0 unspecified atom stereocenters. The molecule has 0 amide bonds. The molecule has 1 fully saturated rings. The van der Waals surface area contributed by atoms with Crippen LogP contribution in [-0.2, 0) is 16.6 Å². The first-order chi connectivity index (χ1) is 9.42. The standard InChI is InChI=1S/C14H20FNO3S/c1-2-14(6-3-7-14)10-16-20(18,19)13-8-12(15)5-4-11(13)9-17/h4-5,8,16-17H,2-3,6-7,9-10H2,1H3. The molecule has 0 heterocycles. The van der Waals surface area contributed by atoms with Crippen molar-refractivity contribution in [1.82, 2.24) is 4.72 Å². The minimum atomic E-state index is -3.80. The lowest BCUT2D eigenvalue weighted by molar-refractivity contribution is 0.133. The van der Waals surface area contributed by atoms with Gasteiger partial charge in [-0.05, 0) is 42.4 Å². The molecule has 6 heteroatoms. The molecular formula is C14H20FNO3S. The molecule has 2 rings (SSSR count). The van der Waals surface area contributed by atoms with Crippen LogP contribution in [-0.4, -0.2) is 20.1 Å². The first-order valence-electron chi connectivity index (χ1n) is 6.81. The fourth-order valence-electron chi connectivity index (χ4n) is 2.57. The Morgan fingerprint density at radius 2 is 2.10 bits per heavy atom. The summed E-state index contributed by atoms with van der Waals surface area (Å²) in [5, 5.41) is 9.19. The first kappa shape index (κ1) is 15.4. The Hall–Kier alpha value is -0.980. The van der Waals surface area contributed by atoms with Gasteiger partial charge in [-0.25, -0.2) is 17.5 Å². The highest BCUT2D eigenvalue weighted by Crippen LogP contribution is 2.43. The normalized spacial score (nSPS) is 17.8. The van der Waals surface area contributed by atoms with E-state index < -0.39 is 22.4 Å². The number of nitrogens with one attached hydrogen (secondary N) is 1. The van der Waals surface area contributed by atoms with Gasteiger partial charge in [-0.3, -0.25) is 0 Å². The van der Waals surface area contributed by atoms with Crippen molar-refractivity contribution in [3.05, 3.63) is 29.6 Å². The lowest BCUT2D eigenvalue weighted by Crippen LogP contribution is -2.41. The van der Waals surface area contributed by atoms with E-state index in [-0.39, 0.29) is 15.9 Å². The molecule has 4 nitrogen and oxygen atoms in total. The highest BCUT2D eigenvalue weighted by atomic mass is 32.2. The third-order valence-electron chi connectivity index (χ3n) is 4.29. The van der Waals surface area contributed by atoms with Crippen LogP contribution in [0.3, 0.4) is 0 Å². The number of hydrogen-bond acceptors (Lipinski definition) is 3. The zero-order valence-corrected chi connectivity index (χ0v) is 12.3. The molecule has 0 radical (unpaired) electrons. The van der Waals surface area contributed by atoms with Gasteiger partial charge in [-0.15, -0.1) is 0 Å². The van der Waals surface area contributed by atoms with E-state index in [9.17, 15) is 17.9 Å². The van der Waals surface area contributed by atoms with Gasteiger partial charge in [-0.2, -0.15) is 0 Å². The van der Waals surface area contributed by atoms with Gasteiger partial charge in [0.05, 0.1) is 11.5 Å². The lowest BCUT2D eigenvalue weighted by Gasteiger charge is -2.41. The fraction of sp³-hybridized carbons (Fsp3) is 0.571. The molecule has 1 aromatic rings. The monoisotopic (exact) mass is 301 g/mol. The van der Waals surface area contributed by atoms with E-state index in [1.807, 2.05) is 0 Å². The van der Waals surface area contributed by atoms with Crippen LogP contribution in [0.4, 0.5) is 4.39 Å². The third kappa shape index (κ3) is 3.02. The summed E-state index contributed by atoms with van der Waals surface area (Å²) in [5.41, 5.74) is 0.248. The first-order valence-corrected chi connectivity index (χ1v) is 8.30. The molecule has 2 N–H and O–H groups in total. The summed E-state index contributed by atoms with van der Waals surface area (Å²) < 4.78 is 40.4. The summed E-state index contributed by atoms with van der Waals surface area (Å²) >= 11 is 0. The van der Waals surface area contributed by atoms with E-state index in [0.717, 1.165) is 37.8 Å². The number of hydrogen-bond donors (Lipinski definition) is 2. The summed E-state index contributed by atoms with van der Waals surface area (Å²) in [6.45, 7) is 1.98. The van der Waals surface area contributed by atoms with Gasteiger partial charge in [0.15, 0.2) is 0 Å².